The Bertz CT molecular complexity index is 1270. The van der Waals surface area contributed by atoms with Gasteiger partial charge in [-0.2, -0.15) is 18.4 Å². The quantitative estimate of drug-likeness (QED) is 0.727. The molecule has 2 aromatic heterocycles. The molecular formula is C19H11F3N2O3S. The molecular weight excluding hydrogens is 393 g/mol. The Hall–Kier alpha value is -3.38. The van der Waals surface area contributed by atoms with Crippen molar-refractivity contribution in [1.82, 2.24) is 4.98 Å². The summed E-state index contributed by atoms with van der Waals surface area (Å²) in [5.74, 6) is -0.0254. The fourth-order valence-electron chi connectivity index (χ4n) is 2.41. The first-order valence-corrected chi connectivity index (χ1v) is 8.64. The molecule has 1 aromatic carbocycles. The van der Waals surface area contributed by atoms with Gasteiger partial charge in [-0.1, -0.05) is 12.1 Å². The number of hydrogen-bond donors (Lipinski definition) is 1. The number of aromatic nitrogens is 1. The third-order valence-electron chi connectivity index (χ3n) is 3.73. The number of H-pyrrole nitrogens is 1. The average molecular weight is 404 g/mol. The minimum Gasteiger partial charge on any atom is -0.457 e. The molecule has 0 spiro atoms. The van der Waals surface area contributed by atoms with E-state index < -0.39 is 23.1 Å². The maximum absolute atomic E-state index is 12.9. The number of benzene rings is 1. The fourth-order valence-corrected chi connectivity index (χ4v) is 3.38. The Balaban J connectivity index is 2.03. The van der Waals surface area contributed by atoms with Crippen molar-refractivity contribution < 1.29 is 22.4 Å². The molecule has 5 nitrogen and oxygen atoms in total. The van der Waals surface area contributed by atoms with E-state index in [9.17, 15) is 22.8 Å². The summed E-state index contributed by atoms with van der Waals surface area (Å²) in [6, 6.07) is 9.44. The van der Waals surface area contributed by atoms with Crippen LogP contribution in [0.1, 0.15) is 18.2 Å². The predicted octanol–water partition coefficient (Wildman–Crippen LogP) is 2.81. The van der Waals surface area contributed by atoms with E-state index >= 15 is 0 Å². The maximum Gasteiger partial charge on any atom is 0.416 e. The molecule has 0 unspecified atom stereocenters. The molecule has 1 N–H and O–H groups in total. The number of nitriles is 1. The van der Waals surface area contributed by atoms with Gasteiger partial charge in [-0.15, -0.1) is 11.3 Å². The third-order valence-corrected chi connectivity index (χ3v) is 4.76. The molecule has 0 radical (unpaired) electrons. The van der Waals surface area contributed by atoms with Crippen LogP contribution < -0.4 is 14.8 Å². The number of ketones is 1. The number of alkyl halides is 3. The number of furan rings is 1. The van der Waals surface area contributed by atoms with Crippen molar-refractivity contribution in [2.75, 3.05) is 0 Å². The van der Waals surface area contributed by atoms with Gasteiger partial charge in [-0.05, 0) is 31.2 Å². The van der Waals surface area contributed by atoms with E-state index in [0.717, 1.165) is 23.5 Å². The number of hydrogen-bond acceptors (Lipinski definition) is 5. The van der Waals surface area contributed by atoms with Crippen molar-refractivity contribution in [1.29, 1.82) is 5.26 Å². The zero-order valence-corrected chi connectivity index (χ0v) is 15.1. The van der Waals surface area contributed by atoms with Gasteiger partial charge in [0.25, 0.3) is 5.56 Å². The van der Waals surface area contributed by atoms with Gasteiger partial charge in [-0.25, -0.2) is 0 Å². The maximum atomic E-state index is 12.9. The smallest absolute Gasteiger partial charge is 0.416 e. The summed E-state index contributed by atoms with van der Waals surface area (Å²) in [7, 11) is 0. The normalized spacial score (nSPS) is 13.3. The van der Waals surface area contributed by atoms with E-state index in [2.05, 4.69) is 4.98 Å². The highest BCUT2D eigenvalue weighted by molar-refractivity contribution is 7.07. The Kier molecular flexibility index (Phi) is 5.07. The molecule has 3 rings (SSSR count). The van der Waals surface area contributed by atoms with Crippen LogP contribution in [0.5, 0.6) is 0 Å². The van der Waals surface area contributed by atoms with E-state index in [0.29, 0.717) is 0 Å². The van der Waals surface area contributed by atoms with Gasteiger partial charge in [0.05, 0.1) is 10.1 Å². The number of Topliss-reactive ketones (excluding diaryl/α,β-unsaturated/α-hetero) is 1. The van der Waals surface area contributed by atoms with Crippen LogP contribution >= 0.6 is 11.3 Å². The van der Waals surface area contributed by atoms with Gasteiger partial charge < -0.3 is 9.40 Å². The summed E-state index contributed by atoms with van der Waals surface area (Å²) in [5, 5.41) is 9.02. The topological polar surface area (TPSA) is 86.9 Å². The Morgan fingerprint density at radius 1 is 1.29 bits per heavy atom. The van der Waals surface area contributed by atoms with Crippen molar-refractivity contribution in [3.63, 3.8) is 0 Å². The van der Waals surface area contributed by atoms with Gasteiger partial charge in [0.15, 0.2) is 5.78 Å². The van der Waals surface area contributed by atoms with E-state index in [-0.39, 0.29) is 31.9 Å². The summed E-state index contributed by atoms with van der Waals surface area (Å²) in [6.07, 6.45) is -3.08. The second kappa shape index (κ2) is 7.32. The molecule has 0 fully saturated rings. The highest BCUT2D eigenvalue weighted by atomic mass is 32.1. The minimum absolute atomic E-state index is 0.135. The van der Waals surface area contributed by atoms with Crippen molar-refractivity contribution in [2.24, 2.45) is 0 Å². The lowest BCUT2D eigenvalue weighted by Crippen LogP contribution is -2.20. The van der Waals surface area contributed by atoms with Crippen molar-refractivity contribution in [3.8, 4) is 17.4 Å². The highest BCUT2D eigenvalue weighted by Crippen LogP contribution is 2.32. The number of nitrogens with one attached hydrogen (secondary N) is 1. The lowest BCUT2D eigenvalue weighted by atomic mass is 10.1. The van der Waals surface area contributed by atoms with E-state index in [1.165, 1.54) is 37.3 Å². The Labute approximate surface area is 159 Å². The van der Waals surface area contributed by atoms with Crippen molar-refractivity contribution in [2.45, 2.75) is 13.1 Å². The van der Waals surface area contributed by atoms with Gasteiger partial charge in [0.1, 0.15) is 27.8 Å². The first-order chi connectivity index (χ1) is 13.2. The average Bonchev–Trinajstić information content (AvgIpc) is 3.22. The van der Waals surface area contributed by atoms with E-state index in [1.807, 2.05) is 0 Å². The van der Waals surface area contributed by atoms with E-state index in [4.69, 9.17) is 9.68 Å². The van der Waals surface area contributed by atoms with Crippen LogP contribution in [0.3, 0.4) is 0 Å². The lowest BCUT2D eigenvalue weighted by molar-refractivity contribution is -0.137. The lowest BCUT2D eigenvalue weighted by Gasteiger charge is -2.07. The number of carbonyl (C=O) groups excluding carboxylic acids is 1. The zero-order chi connectivity index (χ0) is 20.5. The second-order valence-electron chi connectivity index (χ2n) is 5.72. The molecule has 0 atom stereocenters. The fraction of sp³-hybridized carbons (Fsp3) is 0.105. The largest absolute Gasteiger partial charge is 0.457 e. The number of nitrogens with zero attached hydrogens (tertiary/aromatic N) is 1. The number of thiazole rings is 1. The Morgan fingerprint density at radius 2 is 2.04 bits per heavy atom. The molecule has 0 saturated heterocycles. The number of halogens is 3. The van der Waals surface area contributed by atoms with Crippen molar-refractivity contribution in [3.05, 3.63) is 67.3 Å². The molecule has 0 aliphatic rings. The molecule has 28 heavy (non-hydrogen) atoms. The summed E-state index contributed by atoms with van der Waals surface area (Å²) in [4.78, 5) is 25.9. The van der Waals surface area contributed by atoms with Crippen LogP contribution in [0.25, 0.3) is 23.0 Å². The van der Waals surface area contributed by atoms with Crippen LogP contribution in [0.15, 0.2) is 45.6 Å². The summed E-state index contributed by atoms with van der Waals surface area (Å²) < 4.78 is 44.4. The van der Waals surface area contributed by atoms with Gasteiger partial charge in [0.2, 0.25) is 0 Å². The predicted molar refractivity (Wildman–Crippen MR) is 96.6 cm³/mol. The molecule has 9 heteroatoms. The highest BCUT2D eigenvalue weighted by Gasteiger charge is 2.30. The molecule has 0 amide bonds. The zero-order valence-electron chi connectivity index (χ0n) is 14.3. The molecule has 0 bridgehead atoms. The van der Waals surface area contributed by atoms with Gasteiger partial charge in [0, 0.05) is 11.6 Å². The Morgan fingerprint density at radius 3 is 2.68 bits per heavy atom. The first-order valence-electron chi connectivity index (χ1n) is 7.82. The summed E-state index contributed by atoms with van der Waals surface area (Å²) in [5.41, 5.74) is -1.22. The molecule has 0 aliphatic carbocycles. The molecule has 142 valence electrons. The van der Waals surface area contributed by atoms with Crippen LogP contribution in [0.2, 0.25) is 0 Å². The molecule has 3 aromatic rings. The number of aromatic amines is 1. The van der Waals surface area contributed by atoms with Gasteiger partial charge in [-0.3, -0.25) is 9.59 Å². The molecule has 2 heterocycles. The minimum atomic E-state index is -4.47. The third kappa shape index (κ3) is 3.97. The molecule has 0 aliphatic heterocycles. The standard InChI is InChI=1S/C19H11F3N2O3S/c1-10(25)14(9-23)18-24-17(26)16(28-18)8-13-5-6-15(27-13)11-3-2-4-12(7-11)19(20,21)22/h2-8H,1H3,(H,24,26)/b16-8+,18-14+. The van der Waals surface area contributed by atoms with E-state index in [1.54, 1.807) is 6.07 Å². The van der Waals surface area contributed by atoms with Crippen LogP contribution in [0, 0.1) is 11.3 Å². The van der Waals surface area contributed by atoms with Crippen molar-refractivity contribution >= 4 is 28.8 Å². The monoisotopic (exact) mass is 404 g/mol. The summed E-state index contributed by atoms with van der Waals surface area (Å²) in [6.45, 7) is 1.22. The SMILES string of the molecule is CC(=O)/C(C#N)=c1\[nH]c(=O)/c(=C\c2ccc(-c3cccc(C(F)(F)F)c3)o2)s1. The number of rotatable bonds is 3. The van der Waals surface area contributed by atoms with Crippen LogP contribution in [0.4, 0.5) is 13.2 Å². The van der Waals surface area contributed by atoms with Crippen LogP contribution in [-0.2, 0) is 11.0 Å². The van der Waals surface area contributed by atoms with Gasteiger partial charge >= 0.3 is 6.18 Å². The second-order valence-corrected chi connectivity index (χ2v) is 6.77. The summed E-state index contributed by atoms with van der Waals surface area (Å²) >= 11 is 0.913. The molecule has 0 saturated carbocycles. The first kappa shape index (κ1) is 19.4. The van der Waals surface area contributed by atoms with Crippen LogP contribution in [-0.4, -0.2) is 10.8 Å². The number of carbonyl (C=O) groups is 1.